The monoisotopic (exact) mass is 279 g/mol. The number of hydrogen-bond acceptors (Lipinski definition) is 3. The van der Waals surface area contributed by atoms with Gasteiger partial charge in [-0.15, -0.1) is 0 Å². The molecule has 0 amide bonds. The third-order valence-electron chi connectivity index (χ3n) is 2.85. The molecule has 0 fully saturated rings. The third kappa shape index (κ3) is 3.14. The summed E-state index contributed by atoms with van der Waals surface area (Å²) in [5.74, 6) is 0.335. The molecule has 2 rings (SSSR count). The Kier molecular flexibility index (Phi) is 3.90. The lowest BCUT2D eigenvalue weighted by atomic mass is 10.2. The molecule has 2 aromatic rings. The first kappa shape index (κ1) is 13.6. The SMILES string of the molecule is CCc1ccc(S(=O)(=O)Nc2ccn(CC)n2)cc1. The first-order chi connectivity index (χ1) is 9.05. The molecule has 102 valence electrons. The third-order valence-corrected chi connectivity index (χ3v) is 4.22. The molecule has 0 atom stereocenters. The Bertz CT molecular complexity index is 645. The molecule has 1 heterocycles. The van der Waals surface area contributed by atoms with Crippen molar-refractivity contribution in [1.29, 1.82) is 0 Å². The van der Waals surface area contributed by atoms with Crippen molar-refractivity contribution in [3.63, 3.8) is 0 Å². The molecule has 0 aliphatic rings. The summed E-state index contributed by atoms with van der Waals surface area (Å²) in [5, 5.41) is 4.10. The summed E-state index contributed by atoms with van der Waals surface area (Å²) in [5.41, 5.74) is 1.11. The van der Waals surface area contributed by atoms with Gasteiger partial charge in [-0.05, 0) is 31.0 Å². The molecule has 0 unspecified atom stereocenters. The Balaban J connectivity index is 2.21. The number of aryl methyl sites for hydroxylation is 2. The molecule has 0 saturated heterocycles. The number of nitrogens with zero attached hydrogens (tertiary/aromatic N) is 2. The van der Waals surface area contributed by atoms with Gasteiger partial charge in [-0.25, -0.2) is 8.42 Å². The zero-order valence-electron chi connectivity index (χ0n) is 11.0. The molecule has 0 aliphatic heterocycles. The number of sulfonamides is 1. The zero-order valence-corrected chi connectivity index (χ0v) is 11.8. The second-order valence-corrected chi connectivity index (χ2v) is 5.84. The fourth-order valence-electron chi connectivity index (χ4n) is 1.69. The summed E-state index contributed by atoms with van der Waals surface area (Å²) in [6.07, 6.45) is 2.62. The van der Waals surface area contributed by atoms with E-state index < -0.39 is 10.0 Å². The smallest absolute Gasteiger partial charge is 0.263 e. The standard InChI is InChI=1S/C13H17N3O2S/c1-3-11-5-7-12(8-6-11)19(17,18)15-13-9-10-16(4-2)14-13/h5-10H,3-4H2,1-2H3,(H,14,15). The van der Waals surface area contributed by atoms with Crippen molar-refractivity contribution in [1.82, 2.24) is 9.78 Å². The van der Waals surface area contributed by atoms with E-state index in [0.717, 1.165) is 12.0 Å². The van der Waals surface area contributed by atoms with E-state index in [4.69, 9.17) is 0 Å². The summed E-state index contributed by atoms with van der Waals surface area (Å²) < 4.78 is 28.4. The highest BCUT2D eigenvalue weighted by atomic mass is 32.2. The molecule has 1 aromatic heterocycles. The van der Waals surface area contributed by atoms with E-state index in [-0.39, 0.29) is 4.90 Å². The Morgan fingerprint density at radius 1 is 1.16 bits per heavy atom. The number of anilines is 1. The predicted octanol–water partition coefficient (Wildman–Crippen LogP) is 2.27. The highest BCUT2D eigenvalue weighted by Gasteiger charge is 2.15. The van der Waals surface area contributed by atoms with Crippen LogP contribution in [0.5, 0.6) is 0 Å². The minimum atomic E-state index is -3.56. The second kappa shape index (κ2) is 5.44. The van der Waals surface area contributed by atoms with Gasteiger partial charge in [-0.2, -0.15) is 5.10 Å². The molecule has 0 saturated carbocycles. The molecule has 0 spiro atoms. The Morgan fingerprint density at radius 2 is 1.84 bits per heavy atom. The summed E-state index contributed by atoms with van der Waals surface area (Å²) in [6.45, 7) is 4.67. The van der Waals surface area contributed by atoms with Crippen LogP contribution < -0.4 is 4.72 Å². The van der Waals surface area contributed by atoms with Gasteiger partial charge in [0.1, 0.15) is 0 Å². The zero-order chi connectivity index (χ0) is 13.9. The van der Waals surface area contributed by atoms with Crippen LogP contribution in [0.25, 0.3) is 0 Å². The van der Waals surface area contributed by atoms with Crippen molar-refractivity contribution in [3.05, 3.63) is 42.1 Å². The molecule has 0 aliphatic carbocycles. The Labute approximate surface area is 113 Å². The van der Waals surface area contributed by atoms with Crippen LogP contribution in [0.4, 0.5) is 5.82 Å². The van der Waals surface area contributed by atoms with Gasteiger partial charge in [0.05, 0.1) is 4.90 Å². The van der Waals surface area contributed by atoms with Crippen LogP contribution in [-0.2, 0) is 23.0 Å². The minimum Gasteiger partial charge on any atom is -0.271 e. The number of nitrogens with one attached hydrogen (secondary N) is 1. The minimum absolute atomic E-state index is 0.246. The molecule has 19 heavy (non-hydrogen) atoms. The van der Waals surface area contributed by atoms with Gasteiger partial charge >= 0.3 is 0 Å². The van der Waals surface area contributed by atoms with Crippen molar-refractivity contribution in [2.24, 2.45) is 0 Å². The molecular weight excluding hydrogens is 262 g/mol. The number of rotatable bonds is 5. The molecule has 0 bridgehead atoms. The Hall–Kier alpha value is -1.82. The van der Waals surface area contributed by atoms with Crippen molar-refractivity contribution < 1.29 is 8.42 Å². The molecule has 6 heteroatoms. The van der Waals surface area contributed by atoms with Crippen molar-refractivity contribution in [2.75, 3.05) is 4.72 Å². The van der Waals surface area contributed by atoms with Crippen LogP contribution in [0.1, 0.15) is 19.4 Å². The van der Waals surface area contributed by atoms with Crippen LogP contribution in [0, 0.1) is 0 Å². The molecule has 0 radical (unpaired) electrons. The average molecular weight is 279 g/mol. The first-order valence-electron chi connectivity index (χ1n) is 6.20. The van der Waals surface area contributed by atoms with Crippen LogP contribution in [-0.4, -0.2) is 18.2 Å². The maximum absolute atomic E-state index is 12.1. The molecule has 1 N–H and O–H groups in total. The van der Waals surface area contributed by atoms with Crippen molar-refractivity contribution in [2.45, 2.75) is 31.7 Å². The summed E-state index contributed by atoms with van der Waals surface area (Å²) in [7, 11) is -3.56. The lowest BCUT2D eigenvalue weighted by Crippen LogP contribution is -2.13. The van der Waals surface area contributed by atoms with Gasteiger partial charge in [0, 0.05) is 18.8 Å². The van der Waals surface area contributed by atoms with Gasteiger partial charge in [0.25, 0.3) is 10.0 Å². The molecular formula is C13H17N3O2S. The van der Waals surface area contributed by atoms with E-state index in [9.17, 15) is 8.42 Å². The largest absolute Gasteiger partial charge is 0.271 e. The van der Waals surface area contributed by atoms with E-state index in [0.29, 0.717) is 12.4 Å². The predicted molar refractivity (Wildman–Crippen MR) is 74.5 cm³/mol. The number of aromatic nitrogens is 2. The van der Waals surface area contributed by atoms with Crippen LogP contribution in [0.15, 0.2) is 41.4 Å². The quantitative estimate of drug-likeness (QED) is 0.913. The van der Waals surface area contributed by atoms with E-state index in [1.807, 2.05) is 26.0 Å². The van der Waals surface area contributed by atoms with Crippen molar-refractivity contribution >= 4 is 15.8 Å². The molecule has 1 aromatic carbocycles. The van der Waals surface area contributed by atoms with Crippen LogP contribution in [0.2, 0.25) is 0 Å². The maximum Gasteiger partial charge on any atom is 0.263 e. The van der Waals surface area contributed by atoms with Crippen LogP contribution in [0.3, 0.4) is 0 Å². The summed E-state index contributed by atoms with van der Waals surface area (Å²) in [4.78, 5) is 0.246. The topological polar surface area (TPSA) is 64.0 Å². The number of hydrogen-bond donors (Lipinski definition) is 1. The van der Waals surface area contributed by atoms with E-state index >= 15 is 0 Å². The van der Waals surface area contributed by atoms with E-state index in [2.05, 4.69) is 9.82 Å². The lowest BCUT2D eigenvalue weighted by molar-refractivity contribution is 0.600. The van der Waals surface area contributed by atoms with Gasteiger partial charge in [-0.1, -0.05) is 19.1 Å². The highest BCUT2D eigenvalue weighted by molar-refractivity contribution is 7.92. The lowest BCUT2D eigenvalue weighted by Gasteiger charge is -2.06. The fourth-order valence-corrected chi connectivity index (χ4v) is 2.69. The number of benzene rings is 1. The summed E-state index contributed by atoms with van der Waals surface area (Å²) in [6, 6.07) is 8.50. The highest BCUT2D eigenvalue weighted by Crippen LogP contribution is 2.15. The van der Waals surface area contributed by atoms with Crippen LogP contribution >= 0.6 is 0 Å². The van der Waals surface area contributed by atoms with Gasteiger partial charge < -0.3 is 0 Å². The second-order valence-electron chi connectivity index (χ2n) is 4.16. The normalized spacial score (nSPS) is 11.5. The van der Waals surface area contributed by atoms with Gasteiger partial charge in [0.15, 0.2) is 5.82 Å². The Morgan fingerprint density at radius 3 is 2.37 bits per heavy atom. The van der Waals surface area contributed by atoms with E-state index in [1.54, 1.807) is 29.1 Å². The summed E-state index contributed by atoms with van der Waals surface area (Å²) >= 11 is 0. The van der Waals surface area contributed by atoms with E-state index in [1.165, 1.54) is 0 Å². The first-order valence-corrected chi connectivity index (χ1v) is 7.68. The maximum atomic E-state index is 12.1. The molecule has 5 nitrogen and oxygen atoms in total. The van der Waals surface area contributed by atoms with Gasteiger partial charge in [-0.3, -0.25) is 9.40 Å². The van der Waals surface area contributed by atoms with Gasteiger partial charge in [0.2, 0.25) is 0 Å². The average Bonchev–Trinajstić information content (AvgIpc) is 2.85. The fraction of sp³-hybridized carbons (Fsp3) is 0.308. The van der Waals surface area contributed by atoms with Crippen molar-refractivity contribution in [3.8, 4) is 0 Å².